The molecule has 6 aliphatic rings. The Kier molecular flexibility index (Phi) is 2.81. The Bertz CT molecular complexity index is 640. The summed E-state index contributed by atoms with van der Waals surface area (Å²) in [5.41, 5.74) is 0.168. The van der Waals surface area contributed by atoms with E-state index < -0.39 is 0 Å². The van der Waals surface area contributed by atoms with Crippen LogP contribution in [0.3, 0.4) is 0 Å². The second kappa shape index (κ2) is 4.51. The van der Waals surface area contributed by atoms with E-state index >= 15 is 0 Å². The smallest absolute Gasteiger partial charge is 0.171 e. The first-order chi connectivity index (χ1) is 11.9. The Balaban J connectivity index is 1.35. The summed E-state index contributed by atoms with van der Waals surface area (Å²) in [6.07, 6.45) is 8.80. The highest BCUT2D eigenvalue weighted by Gasteiger charge is 2.78. The van der Waals surface area contributed by atoms with Crippen molar-refractivity contribution >= 4 is 5.78 Å². The molecule has 4 aliphatic carbocycles. The summed E-state index contributed by atoms with van der Waals surface area (Å²) in [7, 11) is 0. The van der Waals surface area contributed by atoms with Crippen LogP contribution in [0, 0.1) is 28.6 Å². The minimum atomic E-state index is -0.367. The van der Waals surface area contributed by atoms with Crippen LogP contribution in [0.25, 0.3) is 0 Å². The molecule has 0 N–H and O–H groups in total. The third-order valence-electron chi connectivity index (χ3n) is 9.60. The number of rotatable bonds is 0. The minimum Gasteiger partial charge on any atom is -0.365 e. The number of carbonyl (C=O) groups is 1. The summed E-state index contributed by atoms with van der Waals surface area (Å²) < 4.78 is 18.6. The highest BCUT2D eigenvalue weighted by molar-refractivity contribution is 5.87. The molecule has 0 unspecified atom stereocenters. The Morgan fingerprint density at radius 2 is 1.80 bits per heavy atom. The van der Waals surface area contributed by atoms with Gasteiger partial charge in [-0.25, -0.2) is 0 Å². The molecule has 6 fully saturated rings. The molecule has 0 radical (unpaired) electrons. The fourth-order valence-electron chi connectivity index (χ4n) is 8.14. The lowest BCUT2D eigenvalue weighted by atomic mass is 9.45. The first-order valence-corrected chi connectivity index (χ1v) is 10.4. The Labute approximate surface area is 150 Å². The van der Waals surface area contributed by atoms with E-state index in [1.54, 1.807) is 0 Å². The zero-order valence-corrected chi connectivity index (χ0v) is 15.5. The maximum Gasteiger partial charge on any atom is 0.171 e. The molecular weight excluding hydrogens is 316 g/mol. The standard InChI is InChI=1S/C21H30O4/c1-18-6-5-15-13(14(18)3-4-16(18)22)11-17-21(25-17)12-20(23-9-10-24-20)8-7-19(15,21)2/h13-15,17H,3-12H2,1-2H3/t13-,14+,15+,17+,18+,19-,21+/m1/s1. The molecule has 2 saturated heterocycles. The average Bonchev–Trinajstić information content (AvgIpc) is 2.94. The topological polar surface area (TPSA) is 48.1 Å². The van der Waals surface area contributed by atoms with Crippen LogP contribution in [0.4, 0.5) is 0 Å². The van der Waals surface area contributed by atoms with Crippen molar-refractivity contribution < 1.29 is 19.0 Å². The molecule has 25 heavy (non-hydrogen) atoms. The molecule has 2 heterocycles. The number of hydrogen-bond donors (Lipinski definition) is 0. The van der Waals surface area contributed by atoms with Crippen molar-refractivity contribution in [2.45, 2.75) is 82.7 Å². The lowest BCUT2D eigenvalue weighted by Gasteiger charge is -2.59. The van der Waals surface area contributed by atoms with Crippen LogP contribution in [0.2, 0.25) is 0 Å². The van der Waals surface area contributed by atoms with Crippen molar-refractivity contribution in [2.24, 2.45) is 28.6 Å². The van der Waals surface area contributed by atoms with Gasteiger partial charge in [-0.05, 0) is 49.9 Å². The van der Waals surface area contributed by atoms with Gasteiger partial charge in [0.2, 0.25) is 0 Å². The largest absolute Gasteiger partial charge is 0.365 e. The Morgan fingerprint density at radius 3 is 2.60 bits per heavy atom. The molecule has 138 valence electrons. The maximum atomic E-state index is 12.6. The van der Waals surface area contributed by atoms with E-state index in [-0.39, 0.29) is 22.2 Å². The van der Waals surface area contributed by atoms with Gasteiger partial charge in [-0.15, -0.1) is 0 Å². The molecule has 2 aliphatic heterocycles. The number of carbonyl (C=O) groups excluding carboxylic acids is 1. The molecule has 4 heteroatoms. The quantitative estimate of drug-likeness (QED) is 0.630. The third kappa shape index (κ3) is 1.69. The monoisotopic (exact) mass is 346 g/mol. The highest BCUT2D eigenvalue weighted by atomic mass is 16.7. The van der Waals surface area contributed by atoms with E-state index in [2.05, 4.69) is 13.8 Å². The Hall–Kier alpha value is -0.450. The van der Waals surface area contributed by atoms with Crippen molar-refractivity contribution in [2.75, 3.05) is 13.2 Å². The predicted octanol–water partition coefficient (Wildman–Crippen LogP) is 3.47. The van der Waals surface area contributed by atoms with Crippen LogP contribution in [-0.2, 0) is 19.0 Å². The second-order valence-electron chi connectivity index (χ2n) is 10.2. The fraction of sp³-hybridized carbons (Fsp3) is 0.952. The summed E-state index contributed by atoms with van der Waals surface area (Å²) >= 11 is 0. The Morgan fingerprint density at radius 1 is 1.00 bits per heavy atom. The average molecular weight is 346 g/mol. The first-order valence-electron chi connectivity index (χ1n) is 10.4. The molecule has 2 spiro atoms. The molecule has 0 aromatic rings. The van der Waals surface area contributed by atoms with Crippen molar-refractivity contribution in [3.63, 3.8) is 0 Å². The molecule has 6 rings (SSSR count). The molecule has 0 aromatic heterocycles. The van der Waals surface area contributed by atoms with Gasteiger partial charge < -0.3 is 14.2 Å². The summed E-state index contributed by atoms with van der Waals surface area (Å²) in [6.45, 7) is 6.21. The molecule has 7 atom stereocenters. The number of hydrogen-bond acceptors (Lipinski definition) is 4. The van der Waals surface area contributed by atoms with Crippen LogP contribution < -0.4 is 0 Å². The van der Waals surface area contributed by atoms with Gasteiger partial charge in [0.05, 0.1) is 19.3 Å². The van der Waals surface area contributed by atoms with E-state index in [0.717, 1.165) is 58.2 Å². The number of ketones is 1. The number of ether oxygens (including phenoxy) is 3. The second-order valence-corrected chi connectivity index (χ2v) is 10.2. The van der Waals surface area contributed by atoms with Gasteiger partial charge in [-0.3, -0.25) is 4.79 Å². The molecule has 0 bridgehead atoms. The van der Waals surface area contributed by atoms with E-state index in [0.29, 0.717) is 29.6 Å². The number of fused-ring (bicyclic) bond motifs is 4. The number of epoxide rings is 1. The van der Waals surface area contributed by atoms with Gasteiger partial charge in [0.25, 0.3) is 0 Å². The minimum absolute atomic E-state index is 0.0207. The van der Waals surface area contributed by atoms with Crippen LogP contribution in [0.15, 0.2) is 0 Å². The summed E-state index contributed by atoms with van der Waals surface area (Å²) in [4.78, 5) is 12.6. The van der Waals surface area contributed by atoms with E-state index in [1.807, 2.05) is 0 Å². The summed E-state index contributed by atoms with van der Waals surface area (Å²) in [5.74, 6) is 2.13. The van der Waals surface area contributed by atoms with Gasteiger partial charge in [0, 0.05) is 30.1 Å². The van der Waals surface area contributed by atoms with E-state index in [4.69, 9.17) is 14.2 Å². The third-order valence-corrected chi connectivity index (χ3v) is 9.60. The molecule has 0 aromatic carbocycles. The van der Waals surface area contributed by atoms with Crippen LogP contribution >= 0.6 is 0 Å². The van der Waals surface area contributed by atoms with Crippen molar-refractivity contribution in [1.29, 1.82) is 0 Å². The number of Topliss-reactive ketones (excluding diaryl/α,β-unsaturated/α-hetero) is 1. The fourth-order valence-corrected chi connectivity index (χ4v) is 8.14. The summed E-state index contributed by atoms with van der Waals surface area (Å²) in [5, 5.41) is 0. The van der Waals surface area contributed by atoms with Crippen LogP contribution in [0.1, 0.15) is 65.2 Å². The van der Waals surface area contributed by atoms with Crippen LogP contribution in [0.5, 0.6) is 0 Å². The van der Waals surface area contributed by atoms with Gasteiger partial charge in [0.15, 0.2) is 5.79 Å². The maximum absolute atomic E-state index is 12.6. The van der Waals surface area contributed by atoms with Crippen molar-refractivity contribution in [3.8, 4) is 0 Å². The van der Waals surface area contributed by atoms with E-state index in [1.165, 1.54) is 6.42 Å². The highest BCUT2D eigenvalue weighted by Crippen LogP contribution is 2.74. The summed E-state index contributed by atoms with van der Waals surface area (Å²) in [6, 6.07) is 0. The molecular formula is C21H30O4. The van der Waals surface area contributed by atoms with Crippen molar-refractivity contribution in [1.82, 2.24) is 0 Å². The first kappa shape index (κ1) is 15.6. The molecule has 4 saturated carbocycles. The predicted molar refractivity (Wildman–Crippen MR) is 90.9 cm³/mol. The van der Waals surface area contributed by atoms with Gasteiger partial charge in [0.1, 0.15) is 11.4 Å². The zero-order valence-electron chi connectivity index (χ0n) is 15.5. The van der Waals surface area contributed by atoms with Crippen LogP contribution in [-0.4, -0.2) is 36.5 Å². The van der Waals surface area contributed by atoms with E-state index in [9.17, 15) is 4.79 Å². The lowest BCUT2D eigenvalue weighted by molar-refractivity contribution is -0.226. The van der Waals surface area contributed by atoms with Crippen molar-refractivity contribution in [3.05, 3.63) is 0 Å². The lowest BCUT2D eigenvalue weighted by Crippen LogP contribution is -2.61. The molecule has 0 amide bonds. The van der Waals surface area contributed by atoms with Gasteiger partial charge in [-0.2, -0.15) is 0 Å². The zero-order chi connectivity index (χ0) is 17.1. The normalized spacial score (nSPS) is 58.4. The van der Waals surface area contributed by atoms with Gasteiger partial charge in [-0.1, -0.05) is 13.8 Å². The van der Waals surface area contributed by atoms with Gasteiger partial charge >= 0.3 is 0 Å². The molecule has 4 nitrogen and oxygen atoms in total. The SMILES string of the molecule is C[C@]12CC[C@H]3[C@H](C[C@@H]4O[C@@]45CC4(CC[C@]35C)OCCO4)[C@@H]1CCC2=O.